The van der Waals surface area contributed by atoms with Crippen LogP contribution in [0.5, 0.6) is 0 Å². The first-order valence-corrected chi connectivity index (χ1v) is 6.68. The van der Waals surface area contributed by atoms with Gasteiger partial charge in [0.15, 0.2) is 0 Å². The third-order valence-corrected chi connectivity index (χ3v) is 2.39. The molecule has 0 aliphatic rings. The molecular formula is C13H28N2O2. The summed E-state index contributed by atoms with van der Waals surface area (Å²) in [6.07, 6.45) is 2.83. The number of rotatable bonds is 10. The standard InChI is InChI=1S/C13H28N2O2/c1-5-14-12(4)10-13(16)15-8-6-7-9-17-11(2)3/h11-12,14H,5-10H2,1-4H3,(H,15,16). The van der Waals surface area contributed by atoms with Gasteiger partial charge in [0.05, 0.1) is 6.10 Å². The van der Waals surface area contributed by atoms with Gasteiger partial charge in [-0.1, -0.05) is 6.92 Å². The van der Waals surface area contributed by atoms with E-state index in [0.29, 0.717) is 12.5 Å². The van der Waals surface area contributed by atoms with Crippen molar-refractivity contribution in [3.05, 3.63) is 0 Å². The topological polar surface area (TPSA) is 50.4 Å². The molecule has 1 unspecified atom stereocenters. The van der Waals surface area contributed by atoms with Crippen LogP contribution in [0.2, 0.25) is 0 Å². The monoisotopic (exact) mass is 244 g/mol. The van der Waals surface area contributed by atoms with Crippen molar-refractivity contribution in [1.82, 2.24) is 10.6 Å². The van der Waals surface area contributed by atoms with Crippen LogP contribution < -0.4 is 10.6 Å². The highest BCUT2D eigenvalue weighted by atomic mass is 16.5. The van der Waals surface area contributed by atoms with E-state index in [9.17, 15) is 4.79 Å². The summed E-state index contributed by atoms with van der Waals surface area (Å²) in [5.41, 5.74) is 0. The van der Waals surface area contributed by atoms with Crippen molar-refractivity contribution in [1.29, 1.82) is 0 Å². The summed E-state index contributed by atoms with van der Waals surface area (Å²) in [4.78, 5) is 11.5. The molecule has 0 saturated heterocycles. The van der Waals surface area contributed by atoms with Crippen molar-refractivity contribution in [3.63, 3.8) is 0 Å². The Labute approximate surface area is 105 Å². The highest BCUT2D eigenvalue weighted by Crippen LogP contribution is 1.94. The Hall–Kier alpha value is -0.610. The first kappa shape index (κ1) is 16.4. The summed E-state index contributed by atoms with van der Waals surface area (Å²) < 4.78 is 5.42. The van der Waals surface area contributed by atoms with Gasteiger partial charge in [-0.3, -0.25) is 4.79 Å². The zero-order valence-electron chi connectivity index (χ0n) is 11.7. The van der Waals surface area contributed by atoms with Crippen molar-refractivity contribution >= 4 is 5.91 Å². The predicted octanol–water partition coefficient (Wildman–Crippen LogP) is 1.70. The fourth-order valence-corrected chi connectivity index (χ4v) is 1.54. The molecule has 0 aromatic rings. The van der Waals surface area contributed by atoms with Gasteiger partial charge in [-0.2, -0.15) is 0 Å². The molecule has 0 aromatic carbocycles. The Morgan fingerprint density at radius 3 is 2.53 bits per heavy atom. The molecule has 2 N–H and O–H groups in total. The second kappa shape index (κ2) is 10.5. The maximum absolute atomic E-state index is 11.5. The van der Waals surface area contributed by atoms with Gasteiger partial charge in [0.25, 0.3) is 0 Å². The predicted molar refractivity (Wildman–Crippen MR) is 71.1 cm³/mol. The minimum Gasteiger partial charge on any atom is -0.379 e. The van der Waals surface area contributed by atoms with E-state index in [1.807, 2.05) is 27.7 Å². The summed E-state index contributed by atoms with van der Waals surface area (Å²) in [5.74, 6) is 0.128. The molecule has 0 aliphatic carbocycles. The Bertz CT molecular complexity index is 196. The minimum atomic E-state index is 0.128. The van der Waals surface area contributed by atoms with Crippen molar-refractivity contribution in [3.8, 4) is 0 Å². The lowest BCUT2D eigenvalue weighted by molar-refractivity contribution is -0.121. The Kier molecular flexibility index (Phi) is 10.2. The molecule has 0 saturated carbocycles. The molecule has 4 heteroatoms. The molecule has 0 bridgehead atoms. The number of amides is 1. The molecule has 102 valence electrons. The molecule has 4 nitrogen and oxygen atoms in total. The third kappa shape index (κ3) is 11.6. The quantitative estimate of drug-likeness (QED) is 0.575. The van der Waals surface area contributed by atoms with E-state index in [-0.39, 0.29) is 11.9 Å². The molecule has 0 heterocycles. The van der Waals surface area contributed by atoms with Crippen molar-refractivity contribution < 1.29 is 9.53 Å². The maximum Gasteiger partial charge on any atom is 0.221 e. The van der Waals surface area contributed by atoms with E-state index >= 15 is 0 Å². The molecule has 0 fully saturated rings. The van der Waals surface area contributed by atoms with Gasteiger partial charge in [-0.05, 0) is 40.2 Å². The second-order valence-corrected chi connectivity index (χ2v) is 4.64. The maximum atomic E-state index is 11.5. The van der Waals surface area contributed by atoms with Gasteiger partial charge in [-0.25, -0.2) is 0 Å². The van der Waals surface area contributed by atoms with Crippen LogP contribution in [0.1, 0.15) is 47.0 Å². The number of nitrogens with one attached hydrogen (secondary N) is 2. The number of hydrogen-bond donors (Lipinski definition) is 2. The van der Waals surface area contributed by atoms with Crippen molar-refractivity contribution in [2.24, 2.45) is 0 Å². The zero-order valence-corrected chi connectivity index (χ0v) is 11.7. The van der Waals surface area contributed by atoms with Crippen LogP contribution >= 0.6 is 0 Å². The van der Waals surface area contributed by atoms with Gasteiger partial charge in [0.1, 0.15) is 0 Å². The van der Waals surface area contributed by atoms with Crippen LogP contribution in [0.25, 0.3) is 0 Å². The average Bonchev–Trinajstić information content (AvgIpc) is 2.23. The summed E-state index contributed by atoms with van der Waals surface area (Å²) in [7, 11) is 0. The van der Waals surface area contributed by atoms with E-state index < -0.39 is 0 Å². The summed E-state index contributed by atoms with van der Waals surface area (Å²) in [5, 5.41) is 6.14. The molecule has 1 amide bonds. The molecule has 0 rings (SSSR count). The average molecular weight is 244 g/mol. The lowest BCUT2D eigenvalue weighted by Crippen LogP contribution is -2.34. The SMILES string of the molecule is CCNC(C)CC(=O)NCCCCOC(C)C. The molecule has 0 spiro atoms. The second-order valence-electron chi connectivity index (χ2n) is 4.64. The van der Waals surface area contributed by atoms with Crippen LogP contribution in [-0.4, -0.2) is 37.7 Å². The Morgan fingerprint density at radius 2 is 1.94 bits per heavy atom. The van der Waals surface area contributed by atoms with E-state index in [2.05, 4.69) is 10.6 Å². The summed E-state index contributed by atoms with van der Waals surface area (Å²) in [6, 6.07) is 0.254. The third-order valence-electron chi connectivity index (χ3n) is 2.39. The van der Waals surface area contributed by atoms with Gasteiger partial charge in [0, 0.05) is 25.6 Å². The van der Waals surface area contributed by atoms with Gasteiger partial charge in [0.2, 0.25) is 5.91 Å². The molecular weight excluding hydrogens is 216 g/mol. The molecule has 0 aromatic heterocycles. The highest BCUT2D eigenvalue weighted by molar-refractivity contribution is 5.76. The van der Waals surface area contributed by atoms with Crippen LogP contribution in [0.15, 0.2) is 0 Å². The number of unbranched alkanes of at least 4 members (excludes halogenated alkanes) is 1. The van der Waals surface area contributed by atoms with Crippen LogP contribution in [0.4, 0.5) is 0 Å². The zero-order chi connectivity index (χ0) is 13.1. The first-order chi connectivity index (χ1) is 8.06. The lowest BCUT2D eigenvalue weighted by atomic mass is 10.2. The van der Waals surface area contributed by atoms with Crippen LogP contribution in [-0.2, 0) is 9.53 Å². The normalized spacial score (nSPS) is 12.8. The summed E-state index contributed by atoms with van der Waals surface area (Å²) in [6.45, 7) is 10.6. The number of carbonyl (C=O) groups is 1. The molecule has 17 heavy (non-hydrogen) atoms. The Morgan fingerprint density at radius 1 is 1.24 bits per heavy atom. The van der Waals surface area contributed by atoms with E-state index in [0.717, 1.165) is 32.5 Å². The molecule has 1 atom stereocenters. The fourth-order valence-electron chi connectivity index (χ4n) is 1.54. The van der Waals surface area contributed by atoms with Gasteiger partial charge >= 0.3 is 0 Å². The smallest absolute Gasteiger partial charge is 0.221 e. The number of ether oxygens (including phenoxy) is 1. The largest absolute Gasteiger partial charge is 0.379 e. The lowest BCUT2D eigenvalue weighted by Gasteiger charge is -2.12. The van der Waals surface area contributed by atoms with E-state index in [1.165, 1.54) is 0 Å². The van der Waals surface area contributed by atoms with Crippen molar-refractivity contribution in [2.75, 3.05) is 19.7 Å². The van der Waals surface area contributed by atoms with Crippen LogP contribution in [0.3, 0.4) is 0 Å². The highest BCUT2D eigenvalue weighted by Gasteiger charge is 2.06. The summed E-state index contributed by atoms with van der Waals surface area (Å²) >= 11 is 0. The number of carbonyl (C=O) groups excluding carboxylic acids is 1. The van der Waals surface area contributed by atoms with E-state index in [1.54, 1.807) is 0 Å². The molecule has 0 radical (unpaired) electrons. The van der Waals surface area contributed by atoms with E-state index in [4.69, 9.17) is 4.74 Å². The van der Waals surface area contributed by atoms with Crippen molar-refractivity contribution in [2.45, 2.75) is 59.1 Å². The fraction of sp³-hybridized carbons (Fsp3) is 0.923. The van der Waals surface area contributed by atoms with Gasteiger partial charge in [-0.15, -0.1) is 0 Å². The first-order valence-electron chi connectivity index (χ1n) is 6.68. The minimum absolute atomic E-state index is 0.128. The molecule has 0 aliphatic heterocycles. The Balaban J connectivity index is 3.33. The van der Waals surface area contributed by atoms with Crippen LogP contribution in [0, 0.1) is 0 Å². The van der Waals surface area contributed by atoms with Gasteiger partial charge < -0.3 is 15.4 Å². The number of hydrogen-bond acceptors (Lipinski definition) is 3.